The third-order valence-electron chi connectivity index (χ3n) is 5.00. The zero-order valence-corrected chi connectivity index (χ0v) is 24.0. The molecule has 0 saturated heterocycles. The number of thiazole rings is 1. The number of amides is 2. The third-order valence-corrected chi connectivity index (χ3v) is 8.59. The summed E-state index contributed by atoms with van der Waals surface area (Å²) in [7, 11) is 0. The first-order valence-corrected chi connectivity index (χ1v) is 14.6. The molecule has 2 aromatic carbocycles. The second-order valence-electron chi connectivity index (χ2n) is 8.47. The van der Waals surface area contributed by atoms with Crippen molar-refractivity contribution < 1.29 is 14.5 Å². The number of carbonyl (C=O) groups is 2. The Bertz CT molecular complexity index is 1300. The van der Waals surface area contributed by atoms with Crippen molar-refractivity contribution in [1.29, 1.82) is 0 Å². The number of hydrogen-bond acceptors (Lipinski definition) is 9. The largest absolute Gasteiger partial charge is 0.353 e. The molecule has 0 saturated carbocycles. The van der Waals surface area contributed by atoms with Crippen molar-refractivity contribution in [2.24, 2.45) is 0 Å². The number of thioether (sulfide) groups is 2. The predicted molar refractivity (Wildman–Crippen MR) is 158 cm³/mol. The second kappa shape index (κ2) is 13.2. The maximum atomic E-state index is 12.5. The van der Waals surface area contributed by atoms with Crippen LogP contribution >= 0.6 is 47.1 Å². The van der Waals surface area contributed by atoms with Crippen LogP contribution in [0, 0.1) is 10.1 Å². The van der Waals surface area contributed by atoms with Gasteiger partial charge in [0.25, 0.3) is 5.69 Å². The zero-order valence-electron chi connectivity index (χ0n) is 20.7. The molecule has 0 aliphatic rings. The van der Waals surface area contributed by atoms with E-state index in [2.05, 4.69) is 48.2 Å². The maximum absolute atomic E-state index is 12.5. The van der Waals surface area contributed by atoms with E-state index in [9.17, 15) is 19.7 Å². The highest BCUT2D eigenvalue weighted by atomic mass is 32.2. The molecule has 37 heavy (non-hydrogen) atoms. The summed E-state index contributed by atoms with van der Waals surface area (Å²) in [6.07, 6.45) is 0. The SMILES string of the molecule is CC(C)N(C(=S)SCC(=O)Nc1ccc2nc(SCC(=O)Nc3ccccc3[N+](=O)[O-])sc2c1)C(C)C. The highest BCUT2D eigenvalue weighted by molar-refractivity contribution is 8.23. The molecule has 0 bridgehead atoms. The van der Waals surface area contributed by atoms with E-state index in [1.54, 1.807) is 18.2 Å². The van der Waals surface area contributed by atoms with E-state index in [1.165, 1.54) is 47.0 Å². The van der Waals surface area contributed by atoms with Gasteiger partial charge in [-0.05, 0) is 52.0 Å². The Kier molecular flexibility index (Phi) is 10.3. The predicted octanol–water partition coefficient (Wildman–Crippen LogP) is 6.01. The van der Waals surface area contributed by atoms with Gasteiger partial charge in [-0.2, -0.15) is 0 Å². The van der Waals surface area contributed by atoms with Gasteiger partial charge in [0.1, 0.15) is 10.0 Å². The van der Waals surface area contributed by atoms with Gasteiger partial charge in [0, 0.05) is 23.8 Å². The van der Waals surface area contributed by atoms with E-state index >= 15 is 0 Å². The number of nitrogens with one attached hydrogen (secondary N) is 2. The Hall–Kier alpha value is -2.74. The molecule has 1 aromatic heterocycles. The molecule has 196 valence electrons. The van der Waals surface area contributed by atoms with Gasteiger partial charge in [-0.15, -0.1) is 11.3 Å². The molecule has 0 atom stereocenters. The molecule has 1 heterocycles. The van der Waals surface area contributed by atoms with Crippen LogP contribution in [0.4, 0.5) is 17.1 Å². The van der Waals surface area contributed by atoms with Crippen LogP contribution in [0.5, 0.6) is 0 Å². The minimum Gasteiger partial charge on any atom is -0.353 e. The van der Waals surface area contributed by atoms with Crippen molar-refractivity contribution in [3.63, 3.8) is 0 Å². The summed E-state index contributed by atoms with van der Waals surface area (Å²) in [6.45, 7) is 8.30. The van der Waals surface area contributed by atoms with Crippen molar-refractivity contribution in [2.75, 3.05) is 22.1 Å². The monoisotopic (exact) mass is 577 g/mol. The van der Waals surface area contributed by atoms with Crippen LogP contribution in [-0.2, 0) is 9.59 Å². The first kappa shape index (κ1) is 28.8. The summed E-state index contributed by atoms with van der Waals surface area (Å²) in [6, 6.07) is 12.0. The van der Waals surface area contributed by atoms with Crippen LogP contribution in [-0.4, -0.2) is 54.5 Å². The van der Waals surface area contributed by atoms with E-state index in [-0.39, 0.29) is 46.8 Å². The smallest absolute Gasteiger partial charge is 0.292 e. The van der Waals surface area contributed by atoms with Crippen LogP contribution in [0.1, 0.15) is 27.7 Å². The number of carbonyl (C=O) groups excluding carboxylic acids is 2. The number of anilines is 2. The van der Waals surface area contributed by atoms with E-state index in [0.29, 0.717) is 14.3 Å². The lowest BCUT2D eigenvalue weighted by Crippen LogP contribution is -2.40. The Balaban J connectivity index is 1.55. The Morgan fingerprint density at radius 1 is 1.08 bits per heavy atom. The van der Waals surface area contributed by atoms with Gasteiger partial charge in [-0.1, -0.05) is 47.9 Å². The molecule has 0 fully saturated rings. The van der Waals surface area contributed by atoms with Gasteiger partial charge < -0.3 is 15.5 Å². The average Bonchev–Trinajstić information content (AvgIpc) is 3.23. The van der Waals surface area contributed by atoms with Crippen molar-refractivity contribution in [3.05, 3.63) is 52.6 Å². The topological polar surface area (TPSA) is 117 Å². The van der Waals surface area contributed by atoms with Gasteiger partial charge in [-0.25, -0.2) is 4.98 Å². The number of nitrogens with zero attached hydrogens (tertiary/aromatic N) is 3. The summed E-state index contributed by atoms with van der Waals surface area (Å²) in [5.74, 6) is -0.248. The highest BCUT2D eigenvalue weighted by Crippen LogP contribution is 2.32. The number of nitro benzene ring substituents is 1. The van der Waals surface area contributed by atoms with E-state index in [1.807, 2.05) is 12.1 Å². The summed E-state index contributed by atoms with van der Waals surface area (Å²) in [5.41, 5.74) is 1.41. The summed E-state index contributed by atoms with van der Waals surface area (Å²) < 4.78 is 2.25. The Labute approximate surface area is 232 Å². The number of rotatable bonds is 10. The van der Waals surface area contributed by atoms with E-state index < -0.39 is 4.92 Å². The number of thiocarbonyl (C=S) groups is 1. The first-order valence-electron chi connectivity index (χ1n) is 11.4. The molecule has 3 rings (SSSR count). The van der Waals surface area contributed by atoms with Crippen molar-refractivity contribution in [1.82, 2.24) is 9.88 Å². The van der Waals surface area contributed by atoms with Crippen LogP contribution in [0.3, 0.4) is 0 Å². The average molecular weight is 578 g/mol. The molecule has 0 unspecified atom stereocenters. The van der Waals surface area contributed by atoms with Gasteiger partial charge in [0.15, 0.2) is 4.34 Å². The number of para-hydroxylation sites is 2. The minimum absolute atomic E-state index is 0.0520. The van der Waals surface area contributed by atoms with Crippen LogP contribution in [0.25, 0.3) is 10.2 Å². The standard InChI is InChI=1S/C24H27N5O4S4/c1-14(2)28(15(3)4)24(34)36-13-21(30)25-16-9-10-18-20(11-16)37-23(27-18)35-12-22(31)26-17-7-5-6-8-19(17)29(32)33/h5-11,14-15H,12-13H2,1-4H3,(H,25,30)(H,26,31). The second-order valence-corrected chi connectivity index (χ2v) is 12.3. The van der Waals surface area contributed by atoms with E-state index in [0.717, 1.165) is 10.2 Å². The lowest BCUT2D eigenvalue weighted by Gasteiger charge is -2.32. The first-order chi connectivity index (χ1) is 17.5. The lowest BCUT2D eigenvalue weighted by atomic mass is 10.2. The highest BCUT2D eigenvalue weighted by Gasteiger charge is 2.19. The third kappa shape index (κ3) is 8.12. The fourth-order valence-corrected chi connectivity index (χ4v) is 6.92. The molecule has 13 heteroatoms. The number of fused-ring (bicyclic) bond motifs is 1. The Morgan fingerprint density at radius 3 is 2.43 bits per heavy atom. The van der Waals surface area contributed by atoms with Crippen LogP contribution in [0.15, 0.2) is 46.8 Å². The molecular weight excluding hydrogens is 551 g/mol. The number of nitro groups is 1. The van der Waals surface area contributed by atoms with Gasteiger partial charge in [0.05, 0.1) is 26.6 Å². The van der Waals surface area contributed by atoms with Crippen molar-refractivity contribution in [2.45, 2.75) is 44.1 Å². The summed E-state index contributed by atoms with van der Waals surface area (Å²) >= 11 is 9.51. The zero-order chi connectivity index (χ0) is 27.1. The molecule has 9 nitrogen and oxygen atoms in total. The fourth-order valence-electron chi connectivity index (χ4n) is 3.51. The lowest BCUT2D eigenvalue weighted by molar-refractivity contribution is -0.383. The van der Waals surface area contributed by atoms with E-state index in [4.69, 9.17) is 12.2 Å². The molecule has 2 amide bonds. The normalized spacial score (nSPS) is 11.1. The number of benzene rings is 2. The maximum Gasteiger partial charge on any atom is 0.292 e. The number of aromatic nitrogens is 1. The van der Waals surface area contributed by atoms with Crippen LogP contribution in [0.2, 0.25) is 0 Å². The molecule has 0 radical (unpaired) electrons. The van der Waals surface area contributed by atoms with Crippen LogP contribution < -0.4 is 10.6 Å². The molecule has 3 aromatic rings. The molecular formula is C24H27N5O4S4. The molecule has 0 aliphatic carbocycles. The van der Waals surface area contributed by atoms with Gasteiger partial charge in [-0.3, -0.25) is 19.7 Å². The quantitative estimate of drug-likeness (QED) is 0.129. The minimum atomic E-state index is -0.536. The summed E-state index contributed by atoms with van der Waals surface area (Å²) in [4.78, 5) is 42.1. The summed E-state index contributed by atoms with van der Waals surface area (Å²) in [5, 5.41) is 16.6. The van der Waals surface area contributed by atoms with Gasteiger partial charge in [0.2, 0.25) is 11.8 Å². The Morgan fingerprint density at radius 2 is 1.76 bits per heavy atom. The van der Waals surface area contributed by atoms with Crippen molar-refractivity contribution >= 4 is 90.5 Å². The van der Waals surface area contributed by atoms with Gasteiger partial charge >= 0.3 is 0 Å². The molecule has 2 N–H and O–H groups in total. The molecule has 0 aliphatic heterocycles. The number of hydrogen-bond donors (Lipinski definition) is 2. The fraction of sp³-hybridized carbons (Fsp3) is 0.333. The molecule has 0 spiro atoms. The van der Waals surface area contributed by atoms with Crippen molar-refractivity contribution in [3.8, 4) is 0 Å².